The molecular weight excluding hydrogens is 200 g/mol. The van der Waals surface area contributed by atoms with E-state index in [9.17, 15) is 9.59 Å². The fraction of sp³-hybridized carbons (Fsp3) is 0.400. The van der Waals surface area contributed by atoms with Gasteiger partial charge in [0.05, 0.1) is 14.2 Å². The zero-order valence-electron chi connectivity index (χ0n) is 8.83. The molecule has 5 heteroatoms. The van der Waals surface area contributed by atoms with E-state index in [0.717, 1.165) is 0 Å². The number of ether oxygens (including phenoxy) is 2. The van der Waals surface area contributed by atoms with E-state index in [4.69, 9.17) is 4.42 Å². The topological polar surface area (TPSA) is 65.7 Å². The minimum atomic E-state index is -0.612. The van der Waals surface area contributed by atoms with E-state index in [1.54, 1.807) is 0 Å². The lowest BCUT2D eigenvalue weighted by molar-refractivity contribution is 0.0555. The van der Waals surface area contributed by atoms with Gasteiger partial charge in [-0.05, 0) is 0 Å². The summed E-state index contributed by atoms with van der Waals surface area (Å²) < 4.78 is 14.2. The third-order valence-electron chi connectivity index (χ3n) is 1.98. The highest BCUT2D eigenvalue weighted by atomic mass is 16.5. The smallest absolute Gasteiger partial charge is 0.342 e. The minimum Gasteiger partial charge on any atom is -0.468 e. The van der Waals surface area contributed by atoms with Crippen LogP contribution in [0.25, 0.3) is 0 Å². The van der Waals surface area contributed by atoms with Gasteiger partial charge in [-0.25, -0.2) is 9.59 Å². The number of hydrogen-bond donors (Lipinski definition) is 0. The van der Waals surface area contributed by atoms with Gasteiger partial charge < -0.3 is 13.9 Å². The van der Waals surface area contributed by atoms with Gasteiger partial charge in [-0.3, -0.25) is 0 Å². The summed E-state index contributed by atoms with van der Waals surface area (Å²) in [7, 11) is 2.48. The zero-order chi connectivity index (χ0) is 11.4. The number of carbonyl (C=O) groups excluding carboxylic acids is 2. The molecule has 0 aliphatic rings. The standard InChI is InChI=1S/C10H12O5/c1-4-7-8(10(12)14-3)6(5-15-7)9(11)13-2/h5H,4H2,1-3H3. The first-order valence-electron chi connectivity index (χ1n) is 4.42. The molecule has 1 heterocycles. The van der Waals surface area contributed by atoms with Gasteiger partial charge in [0.25, 0.3) is 0 Å². The molecule has 0 atom stereocenters. The molecule has 0 aromatic carbocycles. The second-order valence-corrected chi connectivity index (χ2v) is 2.78. The summed E-state index contributed by atoms with van der Waals surface area (Å²) in [5.74, 6) is -0.790. The third kappa shape index (κ3) is 2.01. The van der Waals surface area contributed by atoms with Gasteiger partial charge in [0.2, 0.25) is 0 Å². The van der Waals surface area contributed by atoms with Crippen molar-refractivity contribution in [2.75, 3.05) is 14.2 Å². The lowest BCUT2D eigenvalue weighted by Crippen LogP contribution is -2.10. The van der Waals surface area contributed by atoms with Gasteiger partial charge in [-0.1, -0.05) is 6.92 Å². The van der Waals surface area contributed by atoms with E-state index in [1.165, 1.54) is 20.5 Å². The summed E-state index contributed by atoms with van der Waals surface area (Å²) in [4.78, 5) is 22.7. The lowest BCUT2D eigenvalue weighted by Gasteiger charge is -2.01. The van der Waals surface area contributed by atoms with Crippen LogP contribution in [0.2, 0.25) is 0 Å². The number of hydrogen-bond acceptors (Lipinski definition) is 5. The fourth-order valence-corrected chi connectivity index (χ4v) is 1.24. The molecule has 0 N–H and O–H groups in total. The van der Waals surface area contributed by atoms with Crippen LogP contribution < -0.4 is 0 Å². The summed E-state index contributed by atoms with van der Waals surface area (Å²) in [5.41, 5.74) is 0.244. The Morgan fingerprint density at radius 2 is 1.87 bits per heavy atom. The first-order chi connectivity index (χ1) is 7.15. The Hall–Kier alpha value is -1.78. The van der Waals surface area contributed by atoms with Crippen LogP contribution in [0.1, 0.15) is 33.4 Å². The maximum absolute atomic E-state index is 11.4. The second kappa shape index (κ2) is 4.63. The zero-order valence-corrected chi connectivity index (χ0v) is 8.83. The van der Waals surface area contributed by atoms with Crippen molar-refractivity contribution < 1.29 is 23.5 Å². The molecule has 0 amide bonds. The molecule has 1 aromatic rings. The molecule has 0 aliphatic heterocycles. The van der Waals surface area contributed by atoms with Crippen LogP contribution in [0.3, 0.4) is 0 Å². The summed E-state index contributed by atoms with van der Waals surface area (Å²) in [6.45, 7) is 1.81. The maximum Gasteiger partial charge on any atom is 0.342 e. The normalized spacial score (nSPS) is 9.80. The Bertz CT molecular complexity index is 377. The van der Waals surface area contributed by atoms with Gasteiger partial charge in [0.1, 0.15) is 23.2 Å². The molecule has 0 spiro atoms. The molecular formula is C10H12O5. The van der Waals surface area contributed by atoms with Crippen molar-refractivity contribution in [3.05, 3.63) is 23.2 Å². The van der Waals surface area contributed by atoms with Gasteiger partial charge in [0, 0.05) is 6.42 Å². The molecule has 0 radical (unpaired) electrons. The monoisotopic (exact) mass is 212 g/mol. The summed E-state index contributed by atoms with van der Waals surface area (Å²) in [5, 5.41) is 0. The lowest BCUT2D eigenvalue weighted by atomic mass is 10.1. The summed E-state index contributed by atoms with van der Waals surface area (Å²) in [6.07, 6.45) is 1.71. The number of methoxy groups -OCH3 is 2. The van der Waals surface area contributed by atoms with Crippen molar-refractivity contribution in [2.24, 2.45) is 0 Å². The number of furan rings is 1. The second-order valence-electron chi connectivity index (χ2n) is 2.78. The van der Waals surface area contributed by atoms with Crippen LogP contribution in [0.4, 0.5) is 0 Å². The van der Waals surface area contributed by atoms with Crippen LogP contribution in [-0.2, 0) is 15.9 Å². The van der Waals surface area contributed by atoms with Crippen LogP contribution >= 0.6 is 0 Å². The van der Waals surface area contributed by atoms with E-state index in [1.807, 2.05) is 6.92 Å². The minimum absolute atomic E-state index is 0.0983. The molecule has 0 saturated heterocycles. The van der Waals surface area contributed by atoms with Crippen LogP contribution in [0.5, 0.6) is 0 Å². The van der Waals surface area contributed by atoms with Gasteiger partial charge >= 0.3 is 11.9 Å². The van der Waals surface area contributed by atoms with Gasteiger partial charge in [-0.2, -0.15) is 0 Å². The van der Waals surface area contributed by atoms with E-state index in [-0.39, 0.29) is 11.1 Å². The van der Waals surface area contributed by atoms with Crippen LogP contribution in [0.15, 0.2) is 10.7 Å². The maximum atomic E-state index is 11.4. The van der Waals surface area contributed by atoms with Crippen LogP contribution in [-0.4, -0.2) is 26.2 Å². The number of esters is 2. The molecule has 82 valence electrons. The van der Waals surface area contributed by atoms with Crippen molar-refractivity contribution in [1.82, 2.24) is 0 Å². The van der Waals surface area contributed by atoms with Crippen molar-refractivity contribution in [3.8, 4) is 0 Å². The SMILES string of the molecule is CCc1occ(C(=O)OC)c1C(=O)OC. The largest absolute Gasteiger partial charge is 0.468 e. The average molecular weight is 212 g/mol. The van der Waals surface area contributed by atoms with E-state index in [2.05, 4.69) is 9.47 Å². The highest BCUT2D eigenvalue weighted by Gasteiger charge is 2.25. The molecule has 0 aliphatic carbocycles. The van der Waals surface area contributed by atoms with E-state index >= 15 is 0 Å². The Labute approximate surface area is 87.0 Å². The molecule has 5 nitrogen and oxygen atoms in total. The molecule has 0 bridgehead atoms. The van der Waals surface area contributed by atoms with Crippen LogP contribution in [0, 0.1) is 0 Å². The van der Waals surface area contributed by atoms with Crippen molar-refractivity contribution in [2.45, 2.75) is 13.3 Å². The highest BCUT2D eigenvalue weighted by molar-refractivity contribution is 6.03. The third-order valence-corrected chi connectivity index (χ3v) is 1.98. The number of rotatable bonds is 3. The summed E-state index contributed by atoms with van der Waals surface area (Å²) >= 11 is 0. The molecule has 0 unspecified atom stereocenters. The number of carbonyl (C=O) groups is 2. The highest BCUT2D eigenvalue weighted by Crippen LogP contribution is 2.19. The van der Waals surface area contributed by atoms with Crippen molar-refractivity contribution in [1.29, 1.82) is 0 Å². The van der Waals surface area contributed by atoms with Crippen molar-refractivity contribution in [3.63, 3.8) is 0 Å². The first-order valence-corrected chi connectivity index (χ1v) is 4.42. The Morgan fingerprint density at radius 1 is 1.27 bits per heavy atom. The van der Waals surface area contributed by atoms with E-state index in [0.29, 0.717) is 12.2 Å². The van der Waals surface area contributed by atoms with Crippen molar-refractivity contribution >= 4 is 11.9 Å². The Balaban J connectivity index is 3.23. The van der Waals surface area contributed by atoms with Gasteiger partial charge in [0.15, 0.2) is 0 Å². The molecule has 0 saturated carbocycles. The molecule has 1 aromatic heterocycles. The van der Waals surface area contributed by atoms with E-state index < -0.39 is 11.9 Å². The van der Waals surface area contributed by atoms with Gasteiger partial charge in [-0.15, -0.1) is 0 Å². The quantitative estimate of drug-likeness (QED) is 0.709. The molecule has 0 fully saturated rings. The Kier molecular flexibility index (Phi) is 3.49. The predicted molar refractivity (Wildman–Crippen MR) is 50.8 cm³/mol. The average Bonchev–Trinajstić information content (AvgIpc) is 2.70. The summed E-state index contributed by atoms with van der Waals surface area (Å²) in [6, 6.07) is 0. The number of aryl methyl sites for hydroxylation is 1. The molecule has 15 heavy (non-hydrogen) atoms. The molecule has 1 rings (SSSR count). The predicted octanol–water partition coefficient (Wildman–Crippen LogP) is 1.42. The first kappa shape index (κ1) is 11.3. The fourth-order valence-electron chi connectivity index (χ4n) is 1.24. The Morgan fingerprint density at radius 3 is 2.33 bits per heavy atom.